The second kappa shape index (κ2) is 8.76. The third kappa shape index (κ3) is 4.79. The minimum atomic E-state index is 0.0802. The number of nitrogens with zero attached hydrogens (tertiary/aromatic N) is 4. The van der Waals surface area contributed by atoms with Gasteiger partial charge in [0.25, 0.3) is 5.91 Å². The summed E-state index contributed by atoms with van der Waals surface area (Å²) in [6.45, 7) is 14.9. The third-order valence-corrected chi connectivity index (χ3v) is 6.08. The molecule has 1 aromatic rings. The van der Waals surface area contributed by atoms with Gasteiger partial charge in [0.05, 0.1) is 17.2 Å². The Balaban J connectivity index is 1.91. The number of hydrogen-bond donors (Lipinski definition) is 0. The van der Waals surface area contributed by atoms with Crippen molar-refractivity contribution in [3.63, 3.8) is 0 Å². The van der Waals surface area contributed by atoms with Crippen LogP contribution in [0.1, 0.15) is 54.0 Å². The zero-order valence-corrected chi connectivity index (χ0v) is 16.9. The molecule has 0 spiro atoms. The van der Waals surface area contributed by atoms with Gasteiger partial charge in [0.2, 0.25) is 5.91 Å². The number of carbonyl (C=O) groups is 2. The van der Waals surface area contributed by atoms with E-state index in [1.165, 1.54) is 11.3 Å². The summed E-state index contributed by atoms with van der Waals surface area (Å²) in [6, 6.07) is 0. The summed E-state index contributed by atoms with van der Waals surface area (Å²) in [5, 5.41) is 1.02. The lowest BCUT2D eigenvalue weighted by Crippen LogP contribution is -2.51. The van der Waals surface area contributed by atoms with Crippen molar-refractivity contribution in [1.82, 2.24) is 19.7 Å². The van der Waals surface area contributed by atoms with Gasteiger partial charge in [0.1, 0.15) is 4.88 Å². The van der Waals surface area contributed by atoms with E-state index < -0.39 is 0 Å². The van der Waals surface area contributed by atoms with Crippen molar-refractivity contribution >= 4 is 23.2 Å². The predicted molar refractivity (Wildman–Crippen MR) is 101 cm³/mol. The van der Waals surface area contributed by atoms with Gasteiger partial charge in [0, 0.05) is 45.2 Å². The smallest absolute Gasteiger partial charge is 0.265 e. The molecule has 1 aliphatic rings. The molecule has 6 nitrogen and oxygen atoms in total. The van der Waals surface area contributed by atoms with Gasteiger partial charge < -0.3 is 9.80 Å². The maximum Gasteiger partial charge on any atom is 0.265 e. The normalized spacial score (nSPS) is 15.7. The van der Waals surface area contributed by atoms with Crippen LogP contribution in [0.2, 0.25) is 0 Å². The number of thiazole rings is 1. The van der Waals surface area contributed by atoms with Crippen LogP contribution in [0.15, 0.2) is 0 Å². The summed E-state index contributed by atoms with van der Waals surface area (Å²) in [7, 11) is 0. The van der Waals surface area contributed by atoms with E-state index in [4.69, 9.17) is 0 Å². The maximum atomic E-state index is 12.8. The molecule has 25 heavy (non-hydrogen) atoms. The molecule has 0 saturated carbocycles. The first kappa shape index (κ1) is 19.8. The van der Waals surface area contributed by atoms with E-state index in [1.54, 1.807) is 0 Å². The van der Waals surface area contributed by atoms with Crippen molar-refractivity contribution < 1.29 is 9.59 Å². The van der Waals surface area contributed by atoms with Crippen molar-refractivity contribution in [2.75, 3.05) is 45.8 Å². The summed E-state index contributed by atoms with van der Waals surface area (Å²) in [4.78, 5) is 36.2. The van der Waals surface area contributed by atoms with E-state index in [0.717, 1.165) is 41.8 Å². The van der Waals surface area contributed by atoms with Crippen LogP contribution in [0.4, 0.5) is 0 Å². The monoisotopic (exact) mass is 366 g/mol. The van der Waals surface area contributed by atoms with Crippen LogP contribution >= 0.6 is 11.3 Å². The van der Waals surface area contributed by atoms with Gasteiger partial charge in [-0.1, -0.05) is 13.8 Å². The highest BCUT2D eigenvalue weighted by Crippen LogP contribution is 2.26. The molecule has 1 saturated heterocycles. The summed E-state index contributed by atoms with van der Waals surface area (Å²) in [5.41, 5.74) is 0.831. The van der Waals surface area contributed by atoms with Gasteiger partial charge in [0.15, 0.2) is 0 Å². The molecule has 2 heterocycles. The van der Waals surface area contributed by atoms with Gasteiger partial charge in [-0.25, -0.2) is 4.98 Å². The third-order valence-electron chi connectivity index (χ3n) is 4.64. The minimum absolute atomic E-state index is 0.0802. The quantitative estimate of drug-likeness (QED) is 0.774. The topological polar surface area (TPSA) is 56.8 Å². The molecule has 1 aliphatic heterocycles. The summed E-state index contributed by atoms with van der Waals surface area (Å²) < 4.78 is 0. The molecule has 7 heteroatoms. The molecule has 0 radical (unpaired) electrons. The lowest BCUT2D eigenvalue weighted by molar-refractivity contribution is -0.132. The van der Waals surface area contributed by atoms with Crippen LogP contribution < -0.4 is 0 Å². The number of piperazine rings is 1. The average Bonchev–Trinajstić information content (AvgIpc) is 2.98. The Hall–Kier alpha value is -1.47. The van der Waals surface area contributed by atoms with E-state index in [1.807, 2.05) is 30.6 Å². The second-order valence-corrected chi connectivity index (χ2v) is 7.79. The summed E-state index contributed by atoms with van der Waals surface area (Å²) >= 11 is 1.51. The zero-order chi connectivity index (χ0) is 18.6. The number of likely N-dealkylation sites (N-methyl/N-ethyl adjacent to an activating group) is 1. The predicted octanol–water partition coefficient (Wildman–Crippen LogP) is 2.20. The number of aryl methyl sites for hydroxylation is 1. The van der Waals surface area contributed by atoms with Crippen LogP contribution in [-0.4, -0.2) is 77.3 Å². The van der Waals surface area contributed by atoms with Crippen LogP contribution in [0, 0.1) is 6.92 Å². The highest BCUT2D eigenvalue weighted by Gasteiger charge is 2.27. The van der Waals surface area contributed by atoms with Crippen molar-refractivity contribution in [3.05, 3.63) is 15.6 Å². The van der Waals surface area contributed by atoms with E-state index in [-0.39, 0.29) is 11.8 Å². The minimum Gasteiger partial charge on any atom is -0.342 e. The molecule has 0 atom stereocenters. The molecule has 0 aromatic carbocycles. The number of aromatic nitrogens is 1. The molecular weight excluding hydrogens is 336 g/mol. The largest absolute Gasteiger partial charge is 0.342 e. The zero-order valence-electron chi connectivity index (χ0n) is 16.0. The van der Waals surface area contributed by atoms with Gasteiger partial charge >= 0.3 is 0 Å². The van der Waals surface area contributed by atoms with Crippen LogP contribution in [-0.2, 0) is 4.79 Å². The van der Waals surface area contributed by atoms with Crippen LogP contribution in [0.25, 0.3) is 0 Å². The van der Waals surface area contributed by atoms with Crippen LogP contribution in [0.3, 0.4) is 0 Å². The lowest BCUT2D eigenvalue weighted by atomic mass is 10.2. The molecule has 140 valence electrons. The van der Waals surface area contributed by atoms with E-state index in [0.29, 0.717) is 25.6 Å². The highest BCUT2D eigenvalue weighted by atomic mass is 32.1. The molecular formula is C18H30N4O2S. The molecule has 0 N–H and O–H groups in total. The first-order valence-electron chi connectivity index (χ1n) is 9.14. The van der Waals surface area contributed by atoms with E-state index in [9.17, 15) is 9.59 Å². The lowest BCUT2D eigenvalue weighted by Gasteiger charge is -2.35. The van der Waals surface area contributed by atoms with Gasteiger partial charge in [-0.05, 0) is 20.8 Å². The van der Waals surface area contributed by atoms with Crippen molar-refractivity contribution in [2.24, 2.45) is 0 Å². The SMILES string of the molecule is CCN(CC)C(=O)CN1CCN(C(=O)c2sc(C(C)C)nc2C)CC1. The standard InChI is InChI=1S/C18H30N4O2S/c1-6-21(7-2)15(23)12-20-8-10-22(11-9-20)18(24)16-14(5)19-17(25-16)13(3)4/h13H,6-12H2,1-5H3. The van der Waals surface area contributed by atoms with Crippen LogP contribution in [0.5, 0.6) is 0 Å². The molecule has 0 bridgehead atoms. The molecule has 2 amide bonds. The van der Waals surface area contributed by atoms with Crippen molar-refractivity contribution in [1.29, 1.82) is 0 Å². The second-order valence-electron chi connectivity index (χ2n) is 6.76. The number of hydrogen-bond acceptors (Lipinski definition) is 5. The van der Waals surface area contributed by atoms with Crippen molar-refractivity contribution in [2.45, 2.75) is 40.5 Å². The van der Waals surface area contributed by atoms with Gasteiger partial charge in [-0.15, -0.1) is 11.3 Å². The Morgan fingerprint density at radius 2 is 1.76 bits per heavy atom. The Kier molecular flexibility index (Phi) is 6.95. The molecule has 0 aliphatic carbocycles. The molecule has 1 aromatic heterocycles. The summed E-state index contributed by atoms with van der Waals surface area (Å²) in [6.07, 6.45) is 0. The fourth-order valence-electron chi connectivity index (χ4n) is 2.98. The van der Waals surface area contributed by atoms with Gasteiger partial charge in [-0.2, -0.15) is 0 Å². The summed E-state index contributed by atoms with van der Waals surface area (Å²) in [5.74, 6) is 0.592. The Bertz CT molecular complexity index is 602. The number of amides is 2. The van der Waals surface area contributed by atoms with Gasteiger partial charge in [-0.3, -0.25) is 14.5 Å². The Labute approximate surface area is 154 Å². The van der Waals surface area contributed by atoms with Crippen molar-refractivity contribution in [3.8, 4) is 0 Å². The first-order valence-corrected chi connectivity index (χ1v) is 9.95. The first-order chi connectivity index (χ1) is 11.9. The average molecular weight is 367 g/mol. The maximum absolute atomic E-state index is 12.8. The fraction of sp³-hybridized carbons (Fsp3) is 0.722. The molecule has 1 fully saturated rings. The molecule has 2 rings (SSSR count). The Morgan fingerprint density at radius 1 is 1.16 bits per heavy atom. The van der Waals surface area contributed by atoms with E-state index >= 15 is 0 Å². The number of rotatable bonds is 6. The number of carbonyl (C=O) groups excluding carboxylic acids is 2. The highest BCUT2D eigenvalue weighted by molar-refractivity contribution is 7.13. The fourth-order valence-corrected chi connectivity index (χ4v) is 4.02. The Morgan fingerprint density at radius 3 is 2.24 bits per heavy atom. The molecule has 0 unspecified atom stereocenters. The van der Waals surface area contributed by atoms with E-state index in [2.05, 4.69) is 23.7 Å².